The molecule has 7 nitrogen and oxygen atoms in total. The number of benzene rings is 2. The molecule has 0 saturated heterocycles. The average Bonchev–Trinajstić information content (AvgIpc) is 2.79. The molecule has 0 amide bonds. The highest BCUT2D eigenvalue weighted by molar-refractivity contribution is 6.30. The van der Waals surface area contributed by atoms with E-state index in [1.807, 2.05) is 86.0 Å². The molecule has 0 atom stereocenters. The topological polar surface area (TPSA) is 72.1 Å². The van der Waals surface area contributed by atoms with Crippen molar-refractivity contribution in [3.63, 3.8) is 0 Å². The molecule has 0 aliphatic carbocycles. The van der Waals surface area contributed by atoms with Gasteiger partial charge in [0.1, 0.15) is 17.2 Å². The zero-order valence-corrected chi connectivity index (χ0v) is 16.8. The molecule has 0 fully saturated rings. The van der Waals surface area contributed by atoms with Crippen molar-refractivity contribution < 1.29 is 4.52 Å². The summed E-state index contributed by atoms with van der Waals surface area (Å²) in [6.07, 6.45) is 1.86. The van der Waals surface area contributed by atoms with Crippen molar-refractivity contribution in [2.75, 3.05) is 5.43 Å². The van der Waals surface area contributed by atoms with Gasteiger partial charge in [-0.25, -0.2) is 4.68 Å². The lowest BCUT2D eigenvalue weighted by atomic mass is 10.1. The molecule has 5 aromatic rings. The maximum Gasteiger partial charge on any atom is 0.350 e. The minimum atomic E-state index is 0.606. The number of aromatic nitrogens is 5. The first-order chi connectivity index (χ1) is 14.7. The van der Waals surface area contributed by atoms with Crippen LogP contribution in [0.1, 0.15) is 0 Å². The highest BCUT2D eigenvalue weighted by atomic mass is 35.5. The largest absolute Gasteiger partial charge is 0.350 e. The first-order valence-electron chi connectivity index (χ1n) is 9.35. The van der Waals surface area contributed by atoms with E-state index in [0.717, 1.165) is 16.9 Å². The minimum absolute atomic E-state index is 0.606. The van der Waals surface area contributed by atoms with Crippen LogP contribution in [-0.2, 0) is 7.05 Å². The fourth-order valence-electron chi connectivity index (χ4n) is 3.19. The minimum Gasteiger partial charge on any atom is -0.278 e. The Kier molecular flexibility index (Phi) is 4.57. The standard InChI is InChI=1S/C22H17ClN7/c1-29-22-21(28-30-14-6-5-9-18(30)24-22)20(19(27-29)15-7-3-2-4-8-15)26-25-17-12-10-16(23)11-13-17/h2-14,25H,1H3/q+1/b26-20-. The number of aryl methyl sites for hydroxylation is 1. The van der Waals surface area contributed by atoms with Crippen molar-refractivity contribution in [3.8, 4) is 11.3 Å². The molecule has 0 aliphatic rings. The Morgan fingerprint density at radius 3 is 2.53 bits per heavy atom. The smallest absolute Gasteiger partial charge is 0.278 e. The number of halogens is 1. The Balaban J connectivity index is 1.81. The summed E-state index contributed by atoms with van der Waals surface area (Å²) in [6.45, 7) is 0. The summed E-state index contributed by atoms with van der Waals surface area (Å²) < 4.78 is 3.47. The van der Waals surface area contributed by atoms with Crippen LogP contribution >= 0.6 is 11.6 Å². The molecule has 146 valence electrons. The maximum absolute atomic E-state index is 5.99. The maximum atomic E-state index is 5.99. The fourth-order valence-corrected chi connectivity index (χ4v) is 3.32. The van der Waals surface area contributed by atoms with Crippen LogP contribution in [0.15, 0.2) is 84.1 Å². The molecule has 2 aromatic carbocycles. The van der Waals surface area contributed by atoms with Crippen LogP contribution in [0.3, 0.4) is 0 Å². The molecule has 3 heterocycles. The number of nitrogens with one attached hydrogen (secondary N) is 1. The van der Waals surface area contributed by atoms with Crippen LogP contribution in [0, 0.1) is 0 Å². The van der Waals surface area contributed by atoms with E-state index < -0.39 is 0 Å². The summed E-state index contributed by atoms with van der Waals surface area (Å²) in [5.74, 6) is 0. The number of nitrogens with zero attached hydrogens (tertiary/aromatic N) is 6. The van der Waals surface area contributed by atoms with Crippen LogP contribution in [-0.4, -0.2) is 19.9 Å². The lowest BCUT2D eigenvalue weighted by molar-refractivity contribution is -0.580. The van der Waals surface area contributed by atoms with Gasteiger partial charge in [-0.15, -0.1) is 4.52 Å². The fraction of sp³-hybridized carbons (Fsp3) is 0.0455. The number of hydrogen-bond acceptors (Lipinski definition) is 5. The first kappa shape index (κ1) is 18.2. The molecule has 0 spiro atoms. The third kappa shape index (κ3) is 3.35. The Morgan fingerprint density at radius 2 is 1.73 bits per heavy atom. The van der Waals surface area contributed by atoms with E-state index in [1.54, 1.807) is 9.20 Å². The average molecular weight is 415 g/mol. The Bertz CT molecular complexity index is 1430. The van der Waals surface area contributed by atoms with E-state index in [4.69, 9.17) is 26.8 Å². The van der Waals surface area contributed by atoms with Gasteiger partial charge in [0, 0.05) is 23.7 Å². The highest BCUT2D eigenvalue weighted by Gasteiger charge is 2.18. The van der Waals surface area contributed by atoms with Gasteiger partial charge >= 0.3 is 5.65 Å². The molecule has 0 bridgehead atoms. The molecule has 0 unspecified atom stereocenters. The van der Waals surface area contributed by atoms with Crippen molar-refractivity contribution in [2.24, 2.45) is 12.1 Å². The van der Waals surface area contributed by atoms with Gasteiger partial charge < -0.3 is 0 Å². The predicted molar refractivity (Wildman–Crippen MR) is 116 cm³/mol. The van der Waals surface area contributed by atoms with E-state index in [1.165, 1.54) is 0 Å². The van der Waals surface area contributed by atoms with Crippen molar-refractivity contribution in [1.29, 1.82) is 0 Å². The summed E-state index contributed by atoms with van der Waals surface area (Å²) in [4.78, 5) is 4.73. The van der Waals surface area contributed by atoms with Crippen molar-refractivity contribution in [2.45, 2.75) is 0 Å². The zero-order valence-electron chi connectivity index (χ0n) is 16.1. The van der Waals surface area contributed by atoms with E-state index >= 15 is 0 Å². The Labute approximate surface area is 176 Å². The van der Waals surface area contributed by atoms with Crippen molar-refractivity contribution in [3.05, 3.63) is 89.4 Å². The molecule has 3 aromatic heterocycles. The molecule has 5 rings (SSSR count). The van der Waals surface area contributed by atoms with E-state index in [-0.39, 0.29) is 0 Å². The van der Waals surface area contributed by atoms with Crippen LogP contribution in [0.4, 0.5) is 5.69 Å². The second kappa shape index (κ2) is 7.53. The SMILES string of the molecule is Cn1nc(-c2ccccc2)/c(=N/Nc2ccc(Cl)cc2)c2n[n+]3ccccc3nc21. The summed E-state index contributed by atoms with van der Waals surface area (Å²) >= 11 is 5.99. The molecule has 1 N–H and O–H groups in total. The van der Waals surface area contributed by atoms with E-state index in [2.05, 4.69) is 10.5 Å². The molecule has 0 radical (unpaired) electrons. The molecule has 0 aliphatic heterocycles. The molecule has 30 heavy (non-hydrogen) atoms. The molecular formula is C22H17ClN7+. The normalized spacial score (nSPS) is 11.9. The third-order valence-electron chi connectivity index (χ3n) is 4.65. The van der Waals surface area contributed by atoms with Crippen LogP contribution in [0.2, 0.25) is 5.02 Å². The van der Waals surface area contributed by atoms with Crippen LogP contribution in [0.5, 0.6) is 0 Å². The van der Waals surface area contributed by atoms with Crippen LogP contribution < -0.4 is 15.3 Å². The van der Waals surface area contributed by atoms with E-state index in [0.29, 0.717) is 27.2 Å². The van der Waals surface area contributed by atoms with Gasteiger partial charge in [0.05, 0.1) is 5.69 Å². The summed E-state index contributed by atoms with van der Waals surface area (Å²) in [5, 5.41) is 15.5. The second-order valence-electron chi connectivity index (χ2n) is 6.70. The summed E-state index contributed by atoms with van der Waals surface area (Å²) in [7, 11) is 1.86. The third-order valence-corrected chi connectivity index (χ3v) is 4.90. The van der Waals surface area contributed by atoms with Gasteiger partial charge in [0.2, 0.25) is 5.52 Å². The van der Waals surface area contributed by atoms with Gasteiger partial charge in [-0.1, -0.05) is 53.1 Å². The lowest BCUT2D eigenvalue weighted by Gasteiger charge is -2.07. The van der Waals surface area contributed by atoms with Crippen molar-refractivity contribution >= 4 is 34.1 Å². The summed E-state index contributed by atoms with van der Waals surface area (Å²) in [5.41, 5.74) is 7.55. The highest BCUT2D eigenvalue weighted by Crippen LogP contribution is 2.16. The van der Waals surface area contributed by atoms with Gasteiger partial charge in [-0.2, -0.15) is 10.2 Å². The lowest BCUT2D eigenvalue weighted by Crippen LogP contribution is -2.31. The zero-order chi connectivity index (χ0) is 20.5. The first-order valence-corrected chi connectivity index (χ1v) is 9.73. The van der Waals surface area contributed by atoms with Crippen LogP contribution in [0.25, 0.3) is 28.1 Å². The van der Waals surface area contributed by atoms with Gasteiger partial charge in [-0.3, -0.25) is 5.43 Å². The molecular weight excluding hydrogens is 398 g/mol. The Morgan fingerprint density at radius 1 is 0.967 bits per heavy atom. The quantitative estimate of drug-likeness (QED) is 0.279. The predicted octanol–water partition coefficient (Wildman–Crippen LogP) is 3.35. The van der Waals surface area contributed by atoms with Crippen molar-refractivity contribution in [1.82, 2.24) is 19.9 Å². The van der Waals surface area contributed by atoms with E-state index in [9.17, 15) is 0 Å². The number of hydrogen-bond donors (Lipinski definition) is 1. The summed E-state index contributed by atoms with van der Waals surface area (Å²) in [6, 6.07) is 23.0. The number of pyridine rings is 1. The van der Waals surface area contributed by atoms with Gasteiger partial charge in [0.25, 0.3) is 5.65 Å². The second-order valence-corrected chi connectivity index (χ2v) is 7.14. The number of anilines is 1. The monoisotopic (exact) mass is 414 g/mol. The molecule has 8 heteroatoms. The number of fused-ring (bicyclic) bond motifs is 2. The van der Waals surface area contributed by atoms with Gasteiger partial charge in [-0.05, 0) is 35.3 Å². The molecule has 0 saturated carbocycles. The Hall–Kier alpha value is -3.84. The number of rotatable bonds is 3. The van der Waals surface area contributed by atoms with Gasteiger partial charge in [0.15, 0.2) is 0 Å².